The largest absolute Gasteiger partial charge is 0.587 e. The zero-order chi connectivity index (χ0) is 37.0. The smallest absolute Gasteiger partial charge is 0.452 e. The quantitative estimate of drug-likeness (QED) is 0.0640. The average Bonchev–Trinajstić information content (AvgIpc) is 3.20. The first-order valence-corrected chi connectivity index (χ1v) is 18.0. The predicted octanol–water partition coefficient (Wildman–Crippen LogP) is 7.32. The zero-order valence-electron chi connectivity index (χ0n) is 28.4. The van der Waals surface area contributed by atoms with Crippen molar-refractivity contribution in [1.82, 2.24) is 0 Å². The molecule has 0 saturated carbocycles. The van der Waals surface area contributed by atoms with E-state index in [0.29, 0.717) is 0 Å². The first-order valence-electron chi connectivity index (χ1n) is 16.5. The Morgan fingerprint density at radius 3 is 1.28 bits per heavy atom. The Morgan fingerprint density at radius 1 is 0.528 bits per heavy atom. The van der Waals surface area contributed by atoms with Gasteiger partial charge in [-0.15, -0.1) is 0 Å². The monoisotopic (exact) mass is 738 g/mol. The number of carbonyl (C=O) groups excluding carboxylic acids is 3. The molecule has 0 amide bonds. The van der Waals surface area contributed by atoms with E-state index in [1.165, 1.54) is 31.4 Å². The van der Waals surface area contributed by atoms with E-state index in [1.807, 2.05) is 0 Å². The van der Waals surface area contributed by atoms with E-state index in [-0.39, 0.29) is 28.2 Å². The lowest BCUT2D eigenvalue weighted by Gasteiger charge is -2.44. The Balaban J connectivity index is 1.37. The van der Waals surface area contributed by atoms with Crippen molar-refractivity contribution < 1.29 is 56.2 Å². The van der Waals surface area contributed by atoms with Gasteiger partial charge in [0.15, 0.2) is 24.6 Å². The molecule has 5 atom stereocenters. The van der Waals surface area contributed by atoms with Crippen molar-refractivity contribution in [2.75, 3.05) is 13.7 Å². The summed E-state index contributed by atoms with van der Waals surface area (Å²) in [5, 5.41) is 0. The SMILES string of the molecule is CO[C@@H]1O[C@H](COP(=O)(Oc2ccccc2)Oc2ccccc2)[C@@H](OC(=O)c2ccccc2)[C@H](OC(=O)c2ccccc2)[C@H]1OC(=O)c1ccccc1. The minimum atomic E-state index is -4.50. The van der Waals surface area contributed by atoms with E-state index in [4.69, 9.17) is 37.3 Å². The van der Waals surface area contributed by atoms with Crippen molar-refractivity contribution in [2.45, 2.75) is 30.7 Å². The Morgan fingerprint density at radius 2 is 0.887 bits per heavy atom. The number of carbonyl (C=O) groups is 3. The van der Waals surface area contributed by atoms with Crippen LogP contribution in [0, 0.1) is 0 Å². The molecule has 1 aliphatic heterocycles. The van der Waals surface area contributed by atoms with E-state index in [0.717, 1.165) is 0 Å². The first-order chi connectivity index (χ1) is 25.8. The molecule has 0 bridgehead atoms. The van der Waals surface area contributed by atoms with E-state index < -0.39 is 63.0 Å². The molecule has 5 aromatic rings. The van der Waals surface area contributed by atoms with Crippen molar-refractivity contribution in [1.29, 1.82) is 0 Å². The number of hydrogen-bond acceptors (Lipinski definition) is 12. The normalized spacial score (nSPS) is 19.7. The maximum atomic E-state index is 14.3. The summed E-state index contributed by atoms with van der Waals surface area (Å²) < 4.78 is 61.5. The van der Waals surface area contributed by atoms with Crippen LogP contribution in [0.1, 0.15) is 31.1 Å². The van der Waals surface area contributed by atoms with E-state index in [9.17, 15) is 18.9 Å². The van der Waals surface area contributed by atoms with Gasteiger partial charge < -0.3 is 32.7 Å². The van der Waals surface area contributed by atoms with Gasteiger partial charge in [-0.05, 0) is 60.7 Å². The number of ether oxygens (including phenoxy) is 5. The van der Waals surface area contributed by atoms with Gasteiger partial charge in [-0.2, -0.15) is 0 Å². The summed E-state index contributed by atoms with van der Waals surface area (Å²) in [4.78, 5) is 40.7. The molecular formula is C40H35O12P. The summed E-state index contributed by atoms with van der Waals surface area (Å²) in [5.41, 5.74) is 0.521. The van der Waals surface area contributed by atoms with Crippen LogP contribution in [0.4, 0.5) is 0 Å². The number of hydrogen-bond donors (Lipinski definition) is 0. The predicted molar refractivity (Wildman–Crippen MR) is 190 cm³/mol. The number of phosphoric ester groups is 1. The molecule has 13 heteroatoms. The fourth-order valence-electron chi connectivity index (χ4n) is 5.36. The molecule has 0 spiro atoms. The summed E-state index contributed by atoms with van der Waals surface area (Å²) in [6, 6.07) is 40.7. The van der Waals surface area contributed by atoms with Gasteiger partial charge in [0, 0.05) is 7.11 Å². The standard InChI is InChI=1S/C40H35O12P/c1-45-40-36(50-39(43)30-21-11-4-12-22-30)35(49-38(42)29-19-9-3-10-20-29)34(48-37(41)28-17-7-2-8-18-28)33(47-40)27-46-53(44,51-31-23-13-5-14-24-31)52-32-25-15-6-16-26-32/h2-26,33-36,40H,27H2,1H3/t33-,34-,35+,36-,40-/m1/s1. The highest BCUT2D eigenvalue weighted by Gasteiger charge is 2.54. The molecule has 1 fully saturated rings. The molecule has 0 aliphatic carbocycles. The van der Waals surface area contributed by atoms with Gasteiger partial charge in [-0.3, -0.25) is 4.52 Å². The zero-order valence-corrected chi connectivity index (χ0v) is 29.3. The molecule has 1 aliphatic rings. The number of benzene rings is 5. The fourth-order valence-corrected chi connectivity index (χ4v) is 6.59. The molecule has 0 unspecified atom stereocenters. The van der Waals surface area contributed by atoms with Crippen LogP contribution < -0.4 is 9.05 Å². The summed E-state index contributed by atoms with van der Waals surface area (Å²) in [6.07, 6.45) is -7.31. The van der Waals surface area contributed by atoms with Crippen LogP contribution in [0.3, 0.4) is 0 Å². The van der Waals surface area contributed by atoms with Gasteiger partial charge in [-0.1, -0.05) is 91.0 Å². The van der Waals surface area contributed by atoms with Crippen LogP contribution in [-0.4, -0.2) is 62.3 Å². The molecule has 0 aromatic heterocycles. The molecule has 0 radical (unpaired) electrons. The lowest BCUT2D eigenvalue weighted by Crippen LogP contribution is -2.62. The van der Waals surface area contributed by atoms with Gasteiger partial charge >= 0.3 is 25.7 Å². The van der Waals surface area contributed by atoms with E-state index in [2.05, 4.69) is 0 Å². The third kappa shape index (κ3) is 9.76. The summed E-state index contributed by atoms with van der Waals surface area (Å²) in [7, 11) is -3.21. The van der Waals surface area contributed by atoms with E-state index in [1.54, 1.807) is 127 Å². The van der Waals surface area contributed by atoms with Crippen LogP contribution in [0.15, 0.2) is 152 Å². The van der Waals surface area contributed by atoms with Crippen molar-refractivity contribution in [3.8, 4) is 11.5 Å². The molecule has 272 valence electrons. The minimum Gasteiger partial charge on any atom is -0.452 e. The Labute approximate surface area is 305 Å². The molecule has 53 heavy (non-hydrogen) atoms. The van der Waals surface area contributed by atoms with Gasteiger partial charge in [-0.25, -0.2) is 18.9 Å². The Bertz CT molecular complexity index is 1940. The molecule has 5 aromatic carbocycles. The second-order valence-electron chi connectivity index (χ2n) is 11.5. The number of esters is 3. The lowest BCUT2D eigenvalue weighted by molar-refractivity contribution is -0.291. The van der Waals surface area contributed by atoms with Crippen molar-refractivity contribution in [2.24, 2.45) is 0 Å². The van der Waals surface area contributed by atoms with Gasteiger partial charge in [0.2, 0.25) is 0 Å². The summed E-state index contributed by atoms with van der Waals surface area (Å²) >= 11 is 0. The Hall–Kier alpha value is -5.78. The number of phosphoric acid groups is 1. The minimum absolute atomic E-state index is 0.164. The first kappa shape index (κ1) is 37.0. The van der Waals surface area contributed by atoms with Crippen LogP contribution in [-0.2, 0) is 32.8 Å². The molecule has 0 N–H and O–H groups in total. The highest BCUT2D eigenvalue weighted by Crippen LogP contribution is 2.50. The molecule has 1 heterocycles. The Kier molecular flexibility index (Phi) is 12.3. The van der Waals surface area contributed by atoms with Crippen LogP contribution in [0.25, 0.3) is 0 Å². The highest BCUT2D eigenvalue weighted by molar-refractivity contribution is 7.49. The molecular weight excluding hydrogens is 703 g/mol. The topological polar surface area (TPSA) is 142 Å². The number of rotatable bonds is 14. The van der Waals surface area contributed by atoms with Gasteiger partial charge in [0.25, 0.3) is 0 Å². The average molecular weight is 739 g/mol. The number of para-hydroxylation sites is 2. The van der Waals surface area contributed by atoms with Crippen molar-refractivity contribution >= 4 is 25.7 Å². The second-order valence-corrected chi connectivity index (χ2v) is 13.1. The van der Waals surface area contributed by atoms with Crippen molar-refractivity contribution in [3.05, 3.63) is 168 Å². The van der Waals surface area contributed by atoms with Crippen LogP contribution in [0.2, 0.25) is 0 Å². The summed E-state index contributed by atoms with van der Waals surface area (Å²) in [5.74, 6) is -2.07. The van der Waals surface area contributed by atoms with Gasteiger partial charge in [0.05, 0.1) is 23.3 Å². The maximum absolute atomic E-state index is 14.3. The third-order valence-corrected chi connectivity index (χ3v) is 9.23. The second kappa shape index (κ2) is 17.6. The van der Waals surface area contributed by atoms with E-state index >= 15 is 0 Å². The molecule has 12 nitrogen and oxygen atoms in total. The van der Waals surface area contributed by atoms with Gasteiger partial charge in [0.1, 0.15) is 17.6 Å². The summed E-state index contributed by atoms with van der Waals surface area (Å²) in [6.45, 7) is -0.609. The maximum Gasteiger partial charge on any atom is 0.587 e. The molecule has 6 rings (SSSR count). The third-order valence-electron chi connectivity index (χ3n) is 7.90. The lowest BCUT2D eigenvalue weighted by atomic mass is 9.97. The molecule has 1 saturated heterocycles. The highest BCUT2D eigenvalue weighted by atomic mass is 31.2. The number of methoxy groups -OCH3 is 1. The van der Waals surface area contributed by atoms with Crippen LogP contribution in [0.5, 0.6) is 11.5 Å². The van der Waals surface area contributed by atoms with Crippen LogP contribution >= 0.6 is 7.82 Å². The van der Waals surface area contributed by atoms with Crippen molar-refractivity contribution in [3.63, 3.8) is 0 Å². The fraction of sp³-hybridized carbons (Fsp3) is 0.175.